The van der Waals surface area contributed by atoms with Crippen LogP contribution in [0.4, 0.5) is 5.69 Å². The molecule has 3 heteroatoms. The van der Waals surface area contributed by atoms with Crippen LogP contribution in [0.2, 0.25) is 0 Å². The standard InChI is InChI=1S/C24H23N2O/c1-14(2)18-13-15(3)21(20-9-7-8-12-26(20)6)24-22(18)17-10-11-19(25-5)16(4)23(17)27-24/h7-14H,1-4,6H3/q+1. The highest BCUT2D eigenvalue weighted by Gasteiger charge is 2.24. The minimum atomic E-state index is 0.381. The molecule has 4 aromatic rings. The number of nitrogens with zero attached hydrogens (tertiary/aromatic N) is 2. The molecule has 4 rings (SSSR count). The number of benzene rings is 2. The van der Waals surface area contributed by atoms with Crippen LogP contribution in [0.5, 0.6) is 0 Å². The van der Waals surface area contributed by atoms with E-state index in [4.69, 9.17) is 11.0 Å². The summed E-state index contributed by atoms with van der Waals surface area (Å²) in [5.74, 6) is 0.381. The van der Waals surface area contributed by atoms with Crippen molar-refractivity contribution in [2.75, 3.05) is 0 Å². The molecule has 0 bridgehead atoms. The Morgan fingerprint density at radius 1 is 1.07 bits per heavy atom. The summed E-state index contributed by atoms with van der Waals surface area (Å²) >= 11 is 0. The summed E-state index contributed by atoms with van der Waals surface area (Å²) in [6.07, 6.45) is 2.06. The second-order valence-electron chi connectivity index (χ2n) is 7.51. The molecule has 134 valence electrons. The fourth-order valence-corrected chi connectivity index (χ4v) is 3.98. The van der Waals surface area contributed by atoms with Gasteiger partial charge in [-0.15, -0.1) is 0 Å². The summed E-state index contributed by atoms with van der Waals surface area (Å²) in [6, 6.07) is 12.5. The Morgan fingerprint density at radius 2 is 1.85 bits per heavy atom. The summed E-state index contributed by atoms with van der Waals surface area (Å²) in [6.45, 7) is 16.0. The zero-order valence-corrected chi connectivity index (χ0v) is 16.4. The van der Waals surface area contributed by atoms with Gasteiger partial charge in [-0.3, -0.25) is 0 Å². The monoisotopic (exact) mass is 355 g/mol. The number of rotatable bonds is 2. The number of furan rings is 1. The van der Waals surface area contributed by atoms with Crippen molar-refractivity contribution in [3.63, 3.8) is 0 Å². The van der Waals surface area contributed by atoms with E-state index in [9.17, 15) is 0 Å². The molecule has 3 nitrogen and oxygen atoms in total. The molecule has 0 amide bonds. The maximum atomic E-state index is 7.42. The highest BCUT2D eigenvalue weighted by Crippen LogP contribution is 2.43. The van der Waals surface area contributed by atoms with Crippen molar-refractivity contribution in [2.45, 2.75) is 33.6 Å². The van der Waals surface area contributed by atoms with Crippen molar-refractivity contribution >= 4 is 27.6 Å². The molecular formula is C24H23N2O+. The first-order valence-corrected chi connectivity index (χ1v) is 9.25. The zero-order chi connectivity index (χ0) is 19.3. The van der Waals surface area contributed by atoms with E-state index in [0.717, 1.165) is 33.4 Å². The number of fused-ring (bicyclic) bond motifs is 3. The van der Waals surface area contributed by atoms with Crippen molar-refractivity contribution < 1.29 is 8.98 Å². The van der Waals surface area contributed by atoms with Crippen molar-refractivity contribution in [1.82, 2.24) is 0 Å². The Hall–Kier alpha value is -3.12. The second kappa shape index (κ2) is 6.25. The first-order chi connectivity index (χ1) is 12.9. The SMILES string of the molecule is [C-]#[N+]c1ccc2c(oc3c(-c4cccc[n+]4C)c(C)cc(C(C)C)c32)c1C. The van der Waals surface area contributed by atoms with Gasteiger partial charge in [0.1, 0.15) is 18.2 Å². The van der Waals surface area contributed by atoms with Crippen molar-refractivity contribution in [3.05, 3.63) is 70.7 Å². The maximum Gasteiger partial charge on any atom is 0.216 e. The summed E-state index contributed by atoms with van der Waals surface area (Å²) in [7, 11) is 2.06. The van der Waals surface area contributed by atoms with Gasteiger partial charge in [0, 0.05) is 22.9 Å². The second-order valence-corrected chi connectivity index (χ2v) is 7.51. The number of aryl methyl sites for hydroxylation is 3. The molecule has 27 heavy (non-hydrogen) atoms. The van der Waals surface area contributed by atoms with E-state index in [0.29, 0.717) is 11.6 Å². The van der Waals surface area contributed by atoms with Gasteiger partial charge in [-0.2, -0.15) is 0 Å². The molecule has 2 aromatic heterocycles. The summed E-state index contributed by atoms with van der Waals surface area (Å²) in [5, 5.41) is 2.27. The Bertz CT molecular complexity index is 1240. The van der Waals surface area contributed by atoms with Gasteiger partial charge in [0.15, 0.2) is 11.9 Å². The molecule has 0 saturated carbocycles. The largest absolute Gasteiger partial charge is 0.456 e. The van der Waals surface area contributed by atoms with Crippen LogP contribution in [0, 0.1) is 20.4 Å². The molecule has 0 N–H and O–H groups in total. The fraction of sp³-hybridized carbons (Fsp3) is 0.250. The smallest absolute Gasteiger partial charge is 0.216 e. The zero-order valence-electron chi connectivity index (χ0n) is 16.4. The van der Waals surface area contributed by atoms with Crippen LogP contribution < -0.4 is 4.57 Å². The quantitative estimate of drug-likeness (QED) is 0.302. The molecule has 0 aliphatic carbocycles. The van der Waals surface area contributed by atoms with Crippen LogP contribution in [0.1, 0.15) is 36.5 Å². The van der Waals surface area contributed by atoms with Gasteiger partial charge < -0.3 is 4.42 Å². The fourth-order valence-electron chi connectivity index (χ4n) is 3.98. The van der Waals surface area contributed by atoms with Gasteiger partial charge in [0.2, 0.25) is 5.69 Å². The molecular weight excluding hydrogens is 332 g/mol. The number of aromatic nitrogens is 1. The number of hydrogen-bond acceptors (Lipinski definition) is 1. The van der Waals surface area contributed by atoms with Crippen molar-refractivity contribution in [3.8, 4) is 11.3 Å². The van der Waals surface area contributed by atoms with Crippen LogP contribution in [0.25, 0.3) is 38.0 Å². The van der Waals surface area contributed by atoms with E-state index in [1.165, 1.54) is 16.5 Å². The maximum absolute atomic E-state index is 7.42. The van der Waals surface area contributed by atoms with Gasteiger partial charge in [-0.25, -0.2) is 9.41 Å². The molecule has 2 aromatic carbocycles. The van der Waals surface area contributed by atoms with Crippen molar-refractivity contribution in [2.24, 2.45) is 7.05 Å². The van der Waals surface area contributed by atoms with Crippen LogP contribution >= 0.6 is 0 Å². The Morgan fingerprint density at radius 3 is 2.52 bits per heavy atom. The normalized spacial score (nSPS) is 11.4. The number of pyridine rings is 1. The molecule has 0 fully saturated rings. The lowest BCUT2D eigenvalue weighted by molar-refractivity contribution is -0.660. The van der Waals surface area contributed by atoms with E-state index in [2.05, 4.69) is 61.6 Å². The lowest BCUT2D eigenvalue weighted by Gasteiger charge is -2.12. The van der Waals surface area contributed by atoms with Crippen LogP contribution in [-0.2, 0) is 7.05 Å². The lowest BCUT2D eigenvalue weighted by atomic mass is 9.91. The average molecular weight is 355 g/mol. The molecule has 0 aliphatic rings. The van der Waals surface area contributed by atoms with Crippen molar-refractivity contribution in [1.29, 1.82) is 0 Å². The third kappa shape index (κ3) is 2.52. The third-order valence-corrected chi connectivity index (χ3v) is 5.41. The lowest BCUT2D eigenvalue weighted by Crippen LogP contribution is -2.30. The Kier molecular flexibility index (Phi) is 4.00. The first-order valence-electron chi connectivity index (χ1n) is 9.25. The Balaban J connectivity index is 2.24. The molecule has 0 aliphatic heterocycles. The minimum Gasteiger partial charge on any atom is -0.456 e. The van der Waals surface area contributed by atoms with Crippen LogP contribution in [0.3, 0.4) is 0 Å². The van der Waals surface area contributed by atoms with Gasteiger partial charge in [-0.05, 0) is 42.5 Å². The summed E-state index contributed by atoms with van der Waals surface area (Å²) in [4.78, 5) is 3.65. The summed E-state index contributed by atoms with van der Waals surface area (Å²) in [5.41, 5.74) is 8.04. The topological polar surface area (TPSA) is 21.4 Å². The average Bonchev–Trinajstić information content (AvgIpc) is 3.02. The van der Waals surface area contributed by atoms with E-state index in [-0.39, 0.29) is 0 Å². The van der Waals surface area contributed by atoms with E-state index < -0.39 is 0 Å². The van der Waals surface area contributed by atoms with Gasteiger partial charge in [0.05, 0.1) is 12.1 Å². The molecule has 0 atom stereocenters. The van der Waals surface area contributed by atoms with Crippen LogP contribution in [0.15, 0.2) is 47.0 Å². The molecule has 2 heterocycles. The molecule has 0 spiro atoms. The van der Waals surface area contributed by atoms with Gasteiger partial charge >= 0.3 is 0 Å². The predicted octanol–water partition coefficient (Wildman–Crippen LogP) is 6.37. The predicted molar refractivity (Wildman–Crippen MR) is 110 cm³/mol. The van der Waals surface area contributed by atoms with E-state index in [1.807, 2.05) is 25.1 Å². The third-order valence-electron chi connectivity index (χ3n) is 5.41. The van der Waals surface area contributed by atoms with E-state index in [1.54, 1.807) is 0 Å². The highest BCUT2D eigenvalue weighted by atomic mass is 16.3. The van der Waals surface area contributed by atoms with Gasteiger partial charge in [0.25, 0.3) is 0 Å². The first kappa shape index (κ1) is 17.3. The van der Waals surface area contributed by atoms with Gasteiger partial charge in [-0.1, -0.05) is 32.0 Å². The molecule has 0 radical (unpaired) electrons. The number of hydrogen-bond donors (Lipinski definition) is 0. The van der Waals surface area contributed by atoms with Crippen LogP contribution in [-0.4, -0.2) is 0 Å². The highest BCUT2D eigenvalue weighted by molar-refractivity contribution is 6.13. The minimum absolute atomic E-state index is 0.381. The van der Waals surface area contributed by atoms with E-state index >= 15 is 0 Å². The molecule has 0 unspecified atom stereocenters. The Labute approximate surface area is 159 Å². The molecule has 0 saturated heterocycles. The summed E-state index contributed by atoms with van der Waals surface area (Å²) < 4.78 is 8.61.